The van der Waals surface area contributed by atoms with Crippen LogP contribution in [0.15, 0.2) is 48.5 Å². The predicted octanol–water partition coefficient (Wildman–Crippen LogP) is 3.67. The highest BCUT2D eigenvalue weighted by Gasteiger charge is 2.23. The van der Waals surface area contributed by atoms with Crippen LogP contribution in [-0.2, 0) is 0 Å². The van der Waals surface area contributed by atoms with Gasteiger partial charge in [-0.2, -0.15) is 0 Å². The number of rotatable bonds is 2. The van der Waals surface area contributed by atoms with E-state index in [9.17, 15) is 0 Å². The van der Waals surface area contributed by atoms with Crippen molar-refractivity contribution >= 4 is 5.69 Å². The Labute approximate surface area is 114 Å². The van der Waals surface area contributed by atoms with Gasteiger partial charge in [0.25, 0.3) is 0 Å². The molecule has 1 aliphatic rings. The average molecular weight is 253 g/mol. The van der Waals surface area contributed by atoms with Crippen LogP contribution in [0.2, 0.25) is 0 Å². The summed E-state index contributed by atoms with van der Waals surface area (Å²) < 4.78 is 5.23. The Hall–Kier alpha value is -1.96. The van der Waals surface area contributed by atoms with Gasteiger partial charge in [0, 0.05) is 25.2 Å². The van der Waals surface area contributed by atoms with Crippen molar-refractivity contribution in [2.45, 2.75) is 12.3 Å². The van der Waals surface area contributed by atoms with Crippen LogP contribution in [0, 0.1) is 0 Å². The Morgan fingerprint density at radius 1 is 1.05 bits per heavy atom. The van der Waals surface area contributed by atoms with E-state index in [2.05, 4.69) is 60.5 Å². The molecule has 0 bridgehead atoms. The van der Waals surface area contributed by atoms with E-state index in [4.69, 9.17) is 4.74 Å². The largest absolute Gasteiger partial charge is 0.497 e. The number of hydrogen-bond acceptors (Lipinski definition) is 2. The lowest BCUT2D eigenvalue weighted by molar-refractivity contribution is 0.414. The maximum Gasteiger partial charge on any atom is 0.118 e. The first kappa shape index (κ1) is 12.1. The zero-order valence-electron chi connectivity index (χ0n) is 11.5. The van der Waals surface area contributed by atoms with E-state index in [1.54, 1.807) is 7.11 Å². The third-order valence-electron chi connectivity index (χ3n) is 3.99. The smallest absolute Gasteiger partial charge is 0.118 e. The van der Waals surface area contributed by atoms with Crippen molar-refractivity contribution in [3.63, 3.8) is 0 Å². The van der Waals surface area contributed by atoms with Crippen LogP contribution in [-0.4, -0.2) is 20.7 Å². The molecule has 1 heterocycles. The van der Waals surface area contributed by atoms with Gasteiger partial charge >= 0.3 is 0 Å². The molecule has 2 aromatic carbocycles. The lowest BCUT2D eigenvalue weighted by atomic mass is 9.84. The van der Waals surface area contributed by atoms with Crippen molar-refractivity contribution in [3.05, 3.63) is 59.7 Å². The zero-order chi connectivity index (χ0) is 13.2. The second-order valence-corrected chi connectivity index (χ2v) is 5.09. The van der Waals surface area contributed by atoms with Gasteiger partial charge < -0.3 is 9.64 Å². The molecule has 0 radical (unpaired) electrons. The van der Waals surface area contributed by atoms with Gasteiger partial charge in [-0.15, -0.1) is 0 Å². The van der Waals surface area contributed by atoms with E-state index in [1.165, 1.54) is 23.2 Å². The Kier molecular flexibility index (Phi) is 3.16. The van der Waals surface area contributed by atoms with Crippen molar-refractivity contribution in [1.29, 1.82) is 0 Å². The number of benzene rings is 2. The van der Waals surface area contributed by atoms with Crippen molar-refractivity contribution in [2.24, 2.45) is 0 Å². The summed E-state index contributed by atoms with van der Waals surface area (Å²) in [4.78, 5) is 2.34. The number of fused-ring (bicyclic) bond motifs is 1. The van der Waals surface area contributed by atoms with Crippen molar-refractivity contribution in [3.8, 4) is 5.75 Å². The number of anilines is 1. The van der Waals surface area contributed by atoms with Gasteiger partial charge in [0.15, 0.2) is 0 Å². The van der Waals surface area contributed by atoms with Gasteiger partial charge in [0.05, 0.1) is 7.11 Å². The maximum absolute atomic E-state index is 5.23. The summed E-state index contributed by atoms with van der Waals surface area (Å²) in [7, 11) is 3.88. The molecule has 19 heavy (non-hydrogen) atoms. The summed E-state index contributed by atoms with van der Waals surface area (Å²) in [6.45, 7) is 1.10. The summed E-state index contributed by atoms with van der Waals surface area (Å²) in [5.41, 5.74) is 4.16. The van der Waals surface area contributed by atoms with E-state index >= 15 is 0 Å². The fourth-order valence-corrected chi connectivity index (χ4v) is 2.91. The molecule has 2 heteroatoms. The number of hydrogen-bond donors (Lipinski definition) is 0. The molecule has 1 unspecified atom stereocenters. The second-order valence-electron chi connectivity index (χ2n) is 5.09. The molecule has 3 rings (SSSR count). The highest BCUT2D eigenvalue weighted by Crippen LogP contribution is 2.38. The van der Waals surface area contributed by atoms with Crippen LogP contribution >= 0.6 is 0 Å². The van der Waals surface area contributed by atoms with E-state index in [1.807, 2.05) is 0 Å². The Bertz CT molecular complexity index is 562. The van der Waals surface area contributed by atoms with Gasteiger partial charge in [-0.3, -0.25) is 0 Å². The third-order valence-corrected chi connectivity index (χ3v) is 3.99. The van der Waals surface area contributed by atoms with Crippen molar-refractivity contribution in [1.82, 2.24) is 0 Å². The molecular formula is C17H19NO. The minimum absolute atomic E-state index is 0.498. The quantitative estimate of drug-likeness (QED) is 0.809. The van der Waals surface area contributed by atoms with Gasteiger partial charge in [-0.1, -0.05) is 30.3 Å². The first-order chi connectivity index (χ1) is 9.29. The summed E-state index contributed by atoms with van der Waals surface area (Å²) in [6.07, 6.45) is 1.17. The van der Waals surface area contributed by atoms with E-state index in [0.29, 0.717) is 5.92 Å². The fraction of sp³-hybridized carbons (Fsp3) is 0.294. The number of methoxy groups -OCH3 is 1. The number of nitrogens with zero attached hydrogens (tertiary/aromatic N) is 1. The molecule has 0 aliphatic carbocycles. The van der Waals surface area contributed by atoms with Crippen LogP contribution in [0.25, 0.3) is 0 Å². The molecule has 0 N–H and O–H groups in total. The highest BCUT2D eigenvalue weighted by atomic mass is 16.5. The number of para-hydroxylation sites is 1. The topological polar surface area (TPSA) is 12.5 Å². The molecule has 1 aliphatic heterocycles. The minimum atomic E-state index is 0.498. The van der Waals surface area contributed by atoms with E-state index < -0.39 is 0 Å². The predicted molar refractivity (Wildman–Crippen MR) is 79.2 cm³/mol. The minimum Gasteiger partial charge on any atom is -0.497 e. The maximum atomic E-state index is 5.23. The summed E-state index contributed by atoms with van der Waals surface area (Å²) in [5.74, 6) is 1.42. The van der Waals surface area contributed by atoms with Crippen molar-refractivity contribution < 1.29 is 4.74 Å². The third kappa shape index (κ3) is 2.19. The molecular weight excluding hydrogens is 234 g/mol. The first-order valence-corrected chi connectivity index (χ1v) is 6.73. The summed E-state index contributed by atoms with van der Waals surface area (Å²) in [5, 5.41) is 0. The molecule has 0 spiro atoms. The molecule has 2 nitrogen and oxygen atoms in total. The monoisotopic (exact) mass is 253 g/mol. The van der Waals surface area contributed by atoms with E-state index in [0.717, 1.165) is 12.3 Å². The molecule has 0 saturated carbocycles. The second kappa shape index (κ2) is 4.96. The normalized spacial score (nSPS) is 18.0. The summed E-state index contributed by atoms with van der Waals surface area (Å²) >= 11 is 0. The first-order valence-electron chi connectivity index (χ1n) is 6.73. The van der Waals surface area contributed by atoms with Gasteiger partial charge in [-0.25, -0.2) is 0 Å². The number of ether oxygens (including phenoxy) is 1. The van der Waals surface area contributed by atoms with Crippen LogP contribution < -0.4 is 9.64 Å². The van der Waals surface area contributed by atoms with Crippen LogP contribution in [0.1, 0.15) is 23.5 Å². The molecule has 1 atom stereocenters. The van der Waals surface area contributed by atoms with Gasteiger partial charge in [-0.05, 0) is 35.7 Å². The van der Waals surface area contributed by atoms with Crippen LogP contribution in [0.3, 0.4) is 0 Å². The Morgan fingerprint density at radius 2 is 1.79 bits per heavy atom. The van der Waals surface area contributed by atoms with Gasteiger partial charge in [0.1, 0.15) is 5.75 Å². The highest BCUT2D eigenvalue weighted by molar-refractivity contribution is 5.59. The van der Waals surface area contributed by atoms with Crippen LogP contribution in [0.4, 0.5) is 5.69 Å². The standard InChI is InChI=1S/C17H19NO/c1-18-12-11-15(16-5-3-4-6-17(16)18)13-7-9-14(19-2)10-8-13/h3-10,15H,11-12H2,1-2H3. The average Bonchev–Trinajstić information content (AvgIpc) is 2.48. The molecule has 0 aromatic heterocycles. The SMILES string of the molecule is COc1ccc(C2CCN(C)c3ccccc32)cc1. The lowest BCUT2D eigenvalue weighted by Crippen LogP contribution is -2.27. The zero-order valence-corrected chi connectivity index (χ0v) is 11.5. The molecule has 0 fully saturated rings. The van der Waals surface area contributed by atoms with Gasteiger partial charge in [0.2, 0.25) is 0 Å². The van der Waals surface area contributed by atoms with Crippen LogP contribution in [0.5, 0.6) is 5.75 Å². The Balaban J connectivity index is 1.99. The summed E-state index contributed by atoms with van der Waals surface area (Å²) in [6, 6.07) is 17.2. The molecule has 98 valence electrons. The Morgan fingerprint density at radius 3 is 2.53 bits per heavy atom. The molecule has 0 amide bonds. The lowest BCUT2D eigenvalue weighted by Gasteiger charge is -2.33. The fourth-order valence-electron chi connectivity index (χ4n) is 2.91. The molecule has 0 saturated heterocycles. The molecule has 2 aromatic rings. The van der Waals surface area contributed by atoms with Crippen molar-refractivity contribution in [2.75, 3.05) is 25.6 Å². The van der Waals surface area contributed by atoms with E-state index in [-0.39, 0.29) is 0 Å².